The molecule has 0 spiro atoms. The second-order valence-corrected chi connectivity index (χ2v) is 7.62. The Morgan fingerprint density at radius 2 is 1.48 bits per heavy atom. The normalized spacial score (nSPS) is 13.8. The first kappa shape index (κ1) is 22.1. The lowest BCUT2D eigenvalue weighted by Gasteiger charge is -2.16. The van der Waals surface area contributed by atoms with Gasteiger partial charge >= 0.3 is 0 Å². The van der Waals surface area contributed by atoms with Gasteiger partial charge in [0.05, 0.1) is 17.4 Å². The Bertz CT molecular complexity index is 1250. The molecule has 0 atom stereocenters. The van der Waals surface area contributed by atoms with E-state index in [2.05, 4.69) is 5.32 Å². The van der Waals surface area contributed by atoms with Crippen LogP contribution in [-0.4, -0.2) is 17.9 Å². The van der Waals surface area contributed by atoms with Crippen molar-refractivity contribution in [3.05, 3.63) is 95.4 Å². The fourth-order valence-corrected chi connectivity index (χ4v) is 3.42. The molecule has 2 amide bonds. The highest BCUT2D eigenvalue weighted by Crippen LogP contribution is 2.34. The molecule has 0 aliphatic carbocycles. The molecule has 3 aromatic rings. The summed E-state index contributed by atoms with van der Waals surface area (Å²) >= 11 is 0. The lowest BCUT2D eigenvalue weighted by atomic mass is 10.0. The van der Waals surface area contributed by atoms with Crippen LogP contribution in [0.4, 0.5) is 24.5 Å². The Morgan fingerprint density at radius 1 is 0.818 bits per heavy atom. The van der Waals surface area contributed by atoms with Gasteiger partial charge in [-0.2, -0.15) is 0 Å². The van der Waals surface area contributed by atoms with Crippen LogP contribution >= 0.6 is 0 Å². The number of imide groups is 1. The molecule has 0 unspecified atom stereocenters. The molecule has 0 bridgehead atoms. The number of carbonyl (C=O) groups excluding carboxylic acids is 2. The highest BCUT2D eigenvalue weighted by atomic mass is 19.2. The zero-order chi connectivity index (χ0) is 23.7. The lowest BCUT2D eigenvalue weighted by Crippen LogP contribution is -2.32. The minimum atomic E-state index is -1.20. The van der Waals surface area contributed by atoms with Crippen molar-refractivity contribution in [2.24, 2.45) is 0 Å². The van der Waals surface area contributed by atoms with Gasteiger partial charge in [-0.15, -0.1) is 0 Å². The van der Waals surface area contributed by atoms with E-state index in [4.69, 9.17) is 4.74 Å². The third-order valence-corrected chi connectivity index (χ3v) is 4.87. The Hall–Kier alpha value is -4.07. The van der Waals surface area contributed by atoms with E-state index in [-0.39, 0.29) is 23.1 Å². The molecule has 1 aliphatic heterocycles. The number of carbonyl (C=O) groups is 2. The van der Waals surface area contributed by atoms with Gasteiger partial charge in [-0.25, -0.2) is 18.1 Å². The maximum Gasteiger partial charge on any atom is 0.282 e. The number of halogens is 3. The summed E-state index contributed by atoms with van der Waals surface area (Å²) in [6.07, 6.45) is -0.0182. The molecule has 1 heterocycles. The van der Waals surface area contributed by atoms with Crippen LogP contribution in [0.15, 0.2) is 72.4 Å². The molecular formula is C25H19F3N2O3. The van der Waals surface area contributed by atoms with Crippen LogP contribution in [0.2, 0.25) is 0 Å². The third-order valence-electron chi connectivity index (χ3n) is 4.87. The van der Waals surface area contributed by atoms with Crippen molar-refractivity contribution in [2.45, 2.75) is 20.0 Å². The molecule has 5 nitrogen and oxygen atoms in total. The first-order valence-corrected chi connectivity index (χ1v) is 10.1. The number of benzene rings is 3. The molecule has 0 fully saturated rings. The summed E-state index contributed by atoms with van der Waals surface area (Å²) in [5, 5.41) is 2.94. The number of hydrogen-bond acceptors (Lipinski definition) is 4. The van der Waals surface area contributed by atoms with Crippen LogP contribution in [-0.2, 0) is 9.59 Å². The van der Waals surface area contributed by atoms with Crippen LogP contribution in [0.25, 0.3) is 5.57 Å². The van der Waals surface area contributed by atoms with Gasteiger partial charge in [0.25, 0.3) is 11.8 Å². The topological polar surface area (TPSA) is 58.6 Å². The van der Waals surface area contributed by atoms with Gasteiger partial charge in [0.2, 0.25) is 0 Å². The van der Waals surface area contributed by atoms with Crippen molar-refractivity contribution in [1.29, 1.82) is 0 Å². The van der Waals surface area contributed by atoms with Crippen molar-refractivity contribution in [1.82, 2.24) is 0 Å². The van der Waals surface area contributed by atoms with Crippen LogP contribution in [0.1, 0.15) is 19.4 Å². The SMILES string of the molecule is CC(C)Oc1ccc(NC2=C(c3ccc(F)cc3)C(=O)N(c3ccc(F)c(F)c3)C2=O)cc1. The fourth-order valence-electron chi connectivity index (χ4n) is 3.42. The lowest BCUT2D eigenvalue weighted by molar-refractivity contribution is -0.120. The van der Waals surface area contributed by atoms with Crippen molar-refractivity contribution < 1.29 is 27.5 Å². The monoisotopic (exact) mass is 452 g/mol. The van der Waals surface area contributed by atoms with Gasteiger partial charge in [0, 0.05) is 11.8 Å². The third kappa shape index (κ3) is 4.45. The van der Waals surface area contributed by atoms with Gasteiger partial charge in [-0.3, -0.25) is 9.59 Å². The predicted octanol–water partition coefficient (Wildman–Crippen LogP) is 5.29. The summed E-state index contributed by atoms with van der Waals surface area (Å²) in [6, 6.07) is 14.6. The van der Waals surface area contributed by atoms with Gasteiger partial charge in [0.15, 0.2) is 11.6 Å². The van der Waals surface area contributed by atoms with Crippen molar-refractivity contribution in [3.63, 3.8) is 0 Å². The van der Waals surface area contributed by atoms with Crippen molar-refractivity contribution in [3.8, 4) is 5.75 Å². The van der Waals surface area contributed by atoms with E-state index in [1.165, 1.54) is 12.1 Å². The molecular weight excluding hydrogens is 433 g/mol. The van der Waals surface area contributed by atoms with Crippen molar-refractivity contribution >= 4 is 28.8 Å². The van der Waals surface area contributed by atoms with E-state index >= 15 is 0 Å². The number of nitrogens with zero attached hydrogens (tertiary/aromatic N) is 1. The molecule has 1 aliphatic rings. The van der Waals surface area contributed by atoms with Crippen LogP contribution in [0, 0.1) is 17.5 Å². The minimum Gasteiger partial charge on any atom is -0.491 e. The summed E-state index contributed by atoms with van der Waals surface area (Å²) in [4.78, 5) is 27.3. The average Bonchev–Trinajstić information content (AvgIpc) is 3.01. The summed E-state index contributed by atoms with van der Waals surface area (Å²) in [6.45, 7) is 3.78. The summed E-state index contributed by atoms with van der Waals surface area (Å²) < 4.78 is 46.3. The second-order valence-electron chi connectivity index (χ2n) is 7.62. The largest absolute Gasteiger partial charge is 0.491 e. The molecule has 3 aromatic carbocycles. The number of nitrogens with one attached hydrogen (secondary N) is 1. The Balaban J connectivity index is 1.75. The number of rotatable bonds is 6. The number of ether oxygens (including phenoxy) is 1. The van der Waals surface area contributed by atoms with E-state index in [9.17, 15) is 22.8 Å². The molecule has 0 saturated heterocycles. The Labute approximate surface area is 188 Å². The molecule has 168 valence electrons. The smallest absolute Gasteiger partial charge is 0.282 e. The Kier molecular flexibility index (Phi) is 5.91. The van der Waals surface area contributed by atoms with Crippen LogP contribution in [0.3, 0.4) is 0 Å². The summed E-state index contributed by atoms with van der Waals surface area (Å²) in [7, 11) is 0. The second kappa shape index (κ2) is 8.82. The molecule has 0 aromatic heterocycles. The number of amides is 2. The zero-order valence-electron chi connectivity index (χ0n) is 17.7. The zero-order valence-corrected chi connectivity index (χ0v) is 17.7. The fraction of sp³-hybridized carbons (Fsp3) is 0.120. The van der Waals surface area contributed by atoms with Gasteiger partial charge < -0.3 is 10.1 Å². The minimum absolute atomic E-state index is 0.0182. The van der Waals surface area contributed by atoms with E-state index in [0.29, 0.717) is 17.0 Å². The quantitative estimate of drug-likeness (QED) is 0.517. The molecule has 33 heavy (non-hydrogen) atoms. The van der Waals surface area contributed by atoms with E-state index in [1.54, 1.807) is 24.3 Å². The molecule has 1 N–H and O–H groups in total. The summed E-state index contributed by atoms with van der Waals surface area (Å²) in [5.74, 6) is -3.69. The Morgan fingerprint density at radius 3 is 2.09 bits per heavy atom. The highest BCUT2D eigenvalue weighted by molar-refractivity contribution is 6.46. The molecule has 4 rings (SSSR count). The van der Waals surface area contributed by atoms with Crippen molar-refractivity contribution in [2.75, 3.05) is 10.2 Å². The van der Waals surface area contributed by atoms with E-state index in [0.717, 1.165) is 35.2 Å². The summed E-state index contributed by atoms with van der Waals surface area (Å²) in [5.41, 5.74) is 0.568. The highest BCUT2D eigenvalue weighted by Gasteiger charge is 2.40. The maximum absolute atomic E-state index is 13.8. The van der Waals surface area contributed by atoms with E-state index < -0.39 is 29.3 Å². The van der Waals surface area contributed by atoms with Crippen LogP contribution in [0.5, 0.6) is 5.75 Å². The standard InChI is InChI=1S/C25H19F3N2O3/c1-14(2)33-19-10-7-17(8-11-19)29-23-22(15-3-5-16(26)6-4-15)24(31)30(25(23)32)18-9-12-20(27)21(28)13-18/h3-14,29H,1-2H3. The van der Waals surface area contributed by atoms with Gasteiger partial charge in [-0.05, 0) is 67.9 Å². The first-order valence-electron chi connectivity index (χ1n) is 10.1. The molecule has 0 saturated carbocycles. The van der Waals surface area contributed by atoms with Gasteiger partial charge in [-0.1, -0.05) is 12.1 Å². The molecule has 8 heteroatoms. The van der Waals surface area contributed by atoms with Gasteiger partial charge in [0.1, 0.15) is 17.3 Å². The van der Waals surface area contributed by atoms with E-state index in [1.807, 2.05) is 13.8 Å². The molecule has 0 radical (unpaired) electrons. The predicted molar refractivity (Wildman–Crippen MR) is 118 cm³/mol. The average molecular weight is 452 g/mol. The number of hydrogen-bond donors (Lipinski definition) is 1. The first-order chi connectivity index (χ1) is 15.7. The number of anilines is 2. The van der Waals surface area contributed by atoms with Crippen LogP contribution < -0.4 is 15.0 Å². The maximum atomic E-state index is 13.8.